The van der Waals surface area contributed by atoms with E-state index in [4.69, 9.17) is 71.9 Å². The zero-order valence-corrected chi connectivity index (χ0v) is 37.6. The van der Waals surface area contributed by atoms with Crippen molar-refractivity contribution in [1.29, 1.82) is 0 Å². The smallest absolute Gasteiger partial charge is 0.350 e. The monoisotopic (exact) mass is 975 g/mol. The molecule has 0 atom stereocenters. The van der Waals surface area contributed by atoms with E-state index < -0.39 is 27.9 Å². The fraction of sp³-hybridized carbons (Fsp3) is 0.412. The van der Waals surface area contributed by atoms with Crippen LogP contribution in [0.2, 0.25) is 0 Å². The molecule has 5 aromatic rings. The summed E-state index contributed by atoms with van der Waals surface area (Å²) in [4.78, 5) is 95.2. The number of aromatic nitrogens is 10. The van der Waals surface area contributed by atoms with Crippen LogP contribution in [0, 0.1) is 0 Å². The van der Waals surface area contributed by atoms with Gasteiger partial charge in [-0.2, -0.15) is 0 Å². The first kappa shape index (κ1) is 57.6. The van der Waals surface area contributed by atoms with Crippen LogP contribution in [-0.2, 0) is 41.2 Å². The van der Waals surface area contributed by atoms with Crippen LogP contribution in [0.5, 0.6) is 11.8 Å². The molecule has 5 rings (SSSR count). The second-order valence-electron chi connectivity index (χ2n) is 12.1. The van der Waals surface area contributed by atoms with Gasteiger partial charge in [-0.1, -0.05) is 0 Å². The van der Waals surface area contributed by atoms with Crippen molar-refractivity contribution in [3.63, 3.8) is 0 Å². The zero-order chi connectivity index (χ0) is 49.4. The summed E-state index contributed by atoms with van der Waals surface area (Å²) in [6.07, 6.45) is 5.27. The third-order valence-corrected chi connectivity index (χ3v) is 7.70. The molecule has 0 unspecified atom stereocenters. The molecule has 0 aromatic carbocycles. The van der Waals surface area contributed by atoms with E-state index in [-0.39, 0.29) is 72.2 Å². The molecule has 0 saturated carbocycles. The average Bonchev–Trinajstić information content (AvgIpc) is 3.23. The van der Waals surface area contributed by atoms with Crippen LogP contribution in [-0.4, -0.2) is 134 Å². The van der Waals surface area contributed by atoms with Crippen molar-refractivity contribution in [3.05, 3.63) is 93.0 Å². The molecule has 366 valence electrons. The van der Waals surface area contributed by atoms with Crippen molar-refractivity contribution in [2.75, 3.05) is 94.2 Å². The quantitative estimate of drug-likeness (QED) is 0.0305. The van der Waals surface area contributed by atoms with Crippen molar-refractivity contribution >= 4 is 44.3 Å². The van der Waals surface area contributed by atoms with Gasteiger partial charge in [-0.05, 0) is 13.8 Å². The minimum absolute atomic E-state index is 0.0105. The Hall–Kier alpha value is -6.46. The van der Waals surface area contributed by atoms with Crippen LogP contribution in [0.15, 0.2) is 76.4 Å². The lowest BCUT2D eigenvalue weighted by Gasteiger charge is -2.07. The standard InChI is InChI=1S/2C8H13N3O2.2C7H12N3O5P.C4H5N3O/c1-2-12-3-4-13-8-5-7(9)10-6-11-8;1-2-13-4-3-11-6-10-7(9)5-8(11)12;8-6-3-7(10-4-9-6)15-2-1-14-5-16(11,12)13;8-6-3-7(11)10(4-9-6)1-2-15-5-16(12,13)14;5-3-1-4(8)7-2-6-3/h5-6H,2-4H2,1H3,(H2,9,10,11);5-6H,2-4,9H2,1H3;3-4H,1-2,5H2,(H2,8,9,10)(H2,11,12,13);3-4H,1-2,5,8H2,(H2,12,13,14);1-2H,(H3,5,6,7,8). The van der Waals surface area contributed by atoms with E-state index in [2.05, 4.69) is 44.6 Å². The summed E-state index contributed by atoms with van der Waals surface area (Å²) in [5.74, 6) is 2.06. The number of hydrogen-bond acceptors (Lipinski definition) is 23. The van der Waals surface area contributed by atoms with Crippen molar-refractivity contribution in [1.82, 2.24) is 49.0 Å². The minimum atomic E-state index is -4.15. The van der Waals surface area contributed by atoms with Gasteiger partial charge >= 0.3 is 15.2 Å². The molecule has 32 heteroatoms. The number of H-pyrrole nitrogens is 1. The zero-order valence-electron chi connectivity index (χ0n) is 35.8. The molecule has 0 aliphatic rings. The topological polar surface area (TPSA) is 468 Å². The molecule has 0 aliphatic heterocycles. The normalized spacial score (nSPS) is 10.6. The molecule has 30 nitrogen and oxygen atoms in total. The molecule has 15 N–H and O–H groups in total. The summed E-state index contributed by atoms with van der Waals surface area (Å²) in [5.41, 5.74) is 25.8. The van der Waals surface area contributed by atoms with Crippen molar-refractivity contribution < 1.29 is 57.1 Å². The van der Waals surface area contributed by atoms with Crippen LogP contribution in [0.25, 0.3) is 0 Å². The van der Waals surface area contributed by atoms with Gasteiger partial charge < -0.3 is 81.6 Å². The molecular weight excluding hydrogens is 920 g/mol. The van der Waals surface area contributed by atoms with Crippen LogP contribution >= 0.6 is 15.2 Å². The predicted octanol–water partition coefficient (Wildman–Crippen LogP) is -1.75. The molecule has 0 spiro atoms. The first-order chi connectivity index (χ1) is 31.2. The van der Waals surface area contributed by atoms with Gasteiger partial charge in [-0.15, -0.1) is 0 Å². The number of nitrogens with zero attached hydrogens (tertiary/aromatic N) is 9. The lowest BCUT2D eigenvalue weighted by Crippen LogP contribution is -2.22. The summed E-state index contributed by atoms with van der Waals surface area (Å²) in [6.45, 7) is 7.58. The maximum atomic E-state index is 11.3. The number of rotatable bonds is 20. The first-order valence-electron chi connectivity index (χ1n) is 19.0. The van der Waals surface area contributed by atoms with E-state index in [0.29, 0.717) is 51.3 Å². The molecule has 5 aromatic heterocycles. The highest BCUT2D eigenvalue weighted by Gasteiger charge is 2.13. The number of aromatic amines is 1. The van der Waals surface area contributed by atoms with Crippen molar-refractivity contribution in [3.8, 4) is 11.8 Å². The molecule has 66 heavy (non-hydrogen) atoms. The predicted molar refractivity (Wildman–Crippen MR) is 238 cm³/mol. The highest BCUT2D eigenvalue weighted by atomic mass is 31.2. The Balaban J connectivity index is 0.000000419. The molecule has 5 heterocycles. The maximum absolute atomic E-state index is 11.3. The highest BCUT2D eigenvalue weighted by Crippen LogP contribution is 2.34. The fourth-order valence-corrected chi connectivity index (χ4v) is 4.59. The van der Waals surface area contributed by atoms with E-state index in [1.807, 2.05) is 13.8 Å². The summed E-state index contributed by atoms with van der Waals surface area (Å²) in [5, 5.41) is 0. The van der Waals surface area contributed by atoms with Crippen molar-refractivity contribution in [2.45, 2.75) is 26.9 Å². The Kier molecular flexibility index (Phi) is 28.1. The van der Waals surface area contributed by atoms with E-state index in [1.54, 1.807) is 6.07 Å². The summed E-state index contributed by atoms with van der Waals surface area (Å²) in [6, 6.07) is 6.68. The number of ether oxygens (including phenoxy) is 6. The Morgan fingerprint density at radius 2 is 0.924 bits per heavy atom. The molecule has 0 radical (unpaired) electrons. The Morgan fingerprint density at radius 1 is 0.530 bits per heavy atom. The molecule has 0 bridgehead atoms. The number of hydrogen-bond donors (Lipinski definition) is 10. The fourth-order valence-electron chi connectivity index (χ4n) is 3.86. The van der Waals surface area contributed by atoms with Crippen LogP contribution in [0.3, 0.4) is 0 Å². The summed E-state index contributed by atoms with van der Waals surface area (Å²) >= 11 is 0. The molecule has 0 fully saturated rings. The largest absolute Gasteiger partial charge is 0.475 e. The molecule has 0 saturated heterocycles. The van der Waals surface area contributed by atoms with Crippen LogP contribution in [0.1, 0.15) is 13.8 Å². The SMILES string of the molecule is CCOCCOc1cc(N)ncn1.CCOCCn1cnc(N)cc1=O.Nc1cc(=O)[nH]cn1.Nc1cc(=O)n(CCOCP(=O)(O)O)cn1.Nc1cc(OCCOCP(=O)(O)O)ncn1. The van der Waals surface area contributed by atoms with Crippen LogP contribution < -0.4 is 54.8 Å². The third kappa shape index (κ3) is 30.6. The highest BCUT2D eigenvalue weighted by molar-refractivity contribution is 7.51. The van der Waals surface area contributed by atoms with Gasteiger partial charge in [0.2, 0.25) is 11.8 Å². The van der Waals surface area contributed by atoms with Gasteiger partial charge in [0.25, 0.3) is 16.7 Å². The Bertz CT molecular complexity index is 2400. The number of nitrogen functional groups attached to an aromatic ring is 5. The van der Waals surface area contributed by atoms with Gasteiger partial charge in [0.05, 0.1) is 58.5 Å². The molecular formula is C34H55N15O15P2. The Morgan fingerprint density at radius 3 is 1.30 bits per heavy atom. The van der Waals surface area contributed by atoms with E-state index in [0.717, 1.165) is 6.07 Å². The van der Waals surface area contributed by atoms with E-state index >= 15 is 0 Å². The first-order valence-corrected chi connectivity index (χ1v) is 22.6. The number of nitrogens with two attached hydrogens (primary N) is 5. The van der Waals surface area contributed by atoms with Gasteiger partial charge in [-0.25, -0.2) is 34.9 Å². The van der Waals surface area contributed by atoms with Gasteiger partial charge in [0.1, 0.15) is 67.7 Å². The van der Waals surface area contributed by atoms with E-state index in [9.17, 15) is 23.5 Å². The summed E-state index contributed by atoms with van der Waals surface area (Å²) < 4.78 is 53.4. The second kappa shape index (κ2) is 32.2. The summed E-state index contributed by atoms with van der Waals surface area (Å²) in [7, 11) is -8.26. The lowest BCUT2D eigenvalue weighted by atomic mass is 10.5. The lowest BCUT2D eigenvalue weighted by molar-refractivity contribution is 0.108. The van der Waals surface area contributed by atoms with Gasteiger partial charge in [-0.3, -0.25) is 32.6 Å². The van der Waals surface area contributed by atoms with Gasteiger partial charge in [0, 0.05) is 43.5 Å². The maximum Gasteiger partial charge on any atom is 0.350 e. The van der Waals surface area contributed by atoms with E-state index in [1.165, 1.54) is 59.0 Å². The third-order valence-electron chi connectivity index (χ3n) is 6.66. The average molecular weight is 976 g/mol. The number of nitrogens with one attached hydrogen (secondary N) is 1. The number of anilines is 5. The van der Waals surface area contributed by atoms with Crippen LogP contribution in [0.4, 0.5) is 29.1 Å². The Labute approximate surface area is 375 Å². The minimum Gasteiger partial charge on any atom is -0.475 e. The van der Waals surface area contributed by atoms with Gasteiger partial charge in [0.15, 0.2) is 0 Å². The molecule has 0 aliphatic carbocycles. The second-order valence-corrected chi connectivity index (χ2v) is 15.3. The van der Waals surface area contributed by atoms with Crippen molar-refractivity contribution in [2.24, 2.45) is 0 Å². The molecule has 0 amide bonds.